The number of nitrogens with one attached hydrogen (secondary N) is 1. The lowest BCUT2D eigenvalue weighted by Crippen LogP contribution is -2.23. The molecule has 2 atom stereocenters. The molecule has 0 saturated carbocycles. The van der Waals surface area contributed by atoms with Crippen molar-refractivity contribution in [2.24, 2.45) is 0 Å². The molecule has 0 radical (unpaired) electrons. The van der Waals surface area contributed by atoms with Crippen LogP contribution < -0.4 is 5.32 Å². The maximum Gasteiger partial charge on any atom is 0.253 e. The highest BCUT2D eigenvalue weighted by Crippen LogP contribution is 2.35. The van der Waals surface area contributed by atoms with Crippen molar-refractivity contribution in [3.8, 4) is 0 Å². The molecule has 1 aliphatic carbocycles. The molecule has 0 unspecified atom stereocenters. The number of benzene rings is 1. The number of rotatable bonds is 2. The van der Waals surface area contributed by atoms with Crippen molar-refractivity contribution in [2.45, 2.75) is 18.6 Å². The molecule has 2 aromatic rings. The van der Waals surface area contributed by atoms with Crippen molar-refractivity contribution >= 4 is 5.69 Å². The molecule has 21 heavy (non-hydrogen) atoms. The minimum atomic E-state index is -1.74. The van der Waals surface area contributed by atoms with E-state index in [9.17, 15) is 22.7 Å². The first-order chi connectivity index (χ1) is 9.99. The molecule has 0 saturated heterocycles. The van der Waals surface area contributed by atoms with E-state index in [2.05, 4.69) is 10.3 Å². The Morgan fingerprint density at radius 3 is 2.33 bits per heavy atom. The molecule has 1 aromatic heterocycles. The van der Waals surface area contributed by atoms with Crippen LogP contribution in [0.1, 0.15) is 17.2 Å². The number of fused-ring (bicyclic) bond motifs is 1. The van der Waals surface area contributed by atoms with E-state index in [1.165, 1.54) is 0 Å². The van der Waals surface area contributed by atoms with Gasteiger partial charge in [0.15, 0.2) is 0 Å². The lowest BCUT2D eigenvalue weighted by atomic mass is 10.1. The largest absolute Gasteiger partial charge is 0.390 e. The van der Waals surface area contributed by atoms with Crippen molar-refractivity contribution in [1.29, 1.82) is 0 Å². The molecule has 3 rings (SSSR count). The molecule has 0 bridgehead atoms. The highest BCUT2D eigenvalue weighted by Gasteiger charge is 2.33. The Morgan fingerprint density at radius 2 is 1.67 bits per heavy atom. The predicted molar refractivity (Wildman–Crippen MR) is 66.6 cm³/mol. The van der Waals surface area contributed by atoms with Gasteiger partial charge in [0, 0.05) is 6.42 Å². The van der Waals surface area contributed by atoms with Gasteiger partial charge < -0.3 is 10.4 Å². The molecule has 0 fully saturated rings. The van der Waals surface area contributed by atoms with Gasteiger partial charge in [-0.25, -0.2) is 0 Å². The Labute approximate surface area is 117 Å². The number of aliphatic hydroxyl groups excluding tert-OH is 1. The average molecular weight is 298 g/mol. The zero-order chi connectivity index (χ0) is 15.1. The third kappa shape index (κ3) is 2.23. The van der Waals surface area contributed by atoms with Crippen LogP contribution in [-0.4, -0.2) is 16.2 Å². The van der Waals surface area contributed by atoms with Gasteiger partial charge in [0.25, 0.3) is 11.9 Å². The third-order valence-electron chi connectivity index (χ3n) is 3.50. The van der Waals surface area contributed by atoms with Gasteiger partial charge in [-0.3, -0.25) is 0 Å². The number of aliphatic hydroxyl groups is 1. The minimum absolute atomic E-state index is 0.285. The predicted octanol–water partition coefficient (Wildman–Crippen LogP) is 2.71. The van der Waals surface area contributed by atoms with E-state index in [1.54, 1.807) is 24.3 Å². The first kappa shape index (κ1) is 13.8. The van der Waals surface area contributed by atoms with Crippen molar-refractivity contribution < 1.29 is 22.7 Å². The molecule has 0 amide bonds. The van der Waals surface area contributed by atoms with Crippen LogP contribution in [0.15, 0.2) is 24.3 Å². The van der Waals surface area contributed by atoms with E-state index in [0.717, 1.165) is 5.56 Å². The summed E-state index contributed by atoms with van der Waals surface area (Å²) in [6.45, 7) is 0. The van der Waals surface area contributed by atoms with Crippen LogP contribution in [0.3, 0.4) is 0 Å². The topological polar surface area (TPSA) is 45.1 Å². The Hall–Kier alpha value is -2.15. The maximum atomic E-state index is 13.6. The number of nitrogens with zero attached hydrogens (tertiary/aromatic N) is 1. The minimum Gasteiger partial charge on any atom is -0.390 e. The third-order valence-corrected chi connectivity index (χ3v) is 3.50. The Kier molecular flexibility index (Phi) is 3.29. The zero-order valence-electron chi connectivity index (χ0n) is 10.6. The van der Waals surface area contributed by atoms with Gasteiger partial charge in [-0.2, -0.15) is 22.5 Å². The molecule has 0 aliphatic heterocycles. The van der Waals surface area contributed by atoms with Gasteiger partial charge in [-0.15, -0.1) is 0 Å². The molecule has 110 valence electrons. The Morgan fingerprint density at radius 1 is 1.05 bits per heavy atom. The standard InChI is InChI=1S/C14H10F4N2O/c15-9-12(10(16)14(18)20-13(9)17)19-11-7-4-2-1-3-6(7)5-8(11)21/h1-4,8,11,21H,5H2,(H,19,20)/t8-,11+/m1/s1. The lowest BCUT2D eigenvalue weighted by Gasteiger charge is -2.20. The summed E-state index contributed by atoms with van der Waals surface area (Å²) in [6, 6.07) is 6.05. The van der Waals surface area contributed by atoms with Gasteiger partial charge in [0.1, 0.15) is 5.69 Å². The van der Waals surface area contributed by atoms with Crippen molar-refractivity contribution in [3.63, 3.8) is 0 Å². The van der Waals surface area contributed by atoms with Crippen LogP contribution in [0.4, 0.5) is 23.2 Å². The van der Waals surface area contributed by atoms with Crippen molar-refractivity contribution in [2.75, 3.05) is 5.32 Å². The van der Waals surface area contributed by atoms with E-state index >= 15 is 0 Å². The highest BCUT2D eigenvalue weighted by molar-refractivity contribution is 5.50. The summed E-state index contributed by atoms with van der Waals surface area (Å²) in [4.78, 5) is 2.49. The van der Waals surface area contributed by atoms with E-state index in [-0.39, 0.29) is 6.42 Å². The van der Waals surface area contributed by atoms with Gasteiger partial charge in [-0.1, -0.05) is 24.3 Å². The number of hydrogen-bond acceptors (Lipinski definition) is 3. The quantitative estimate of drug-likeness (QED) is 0.662. The second-order valence-corrected chi connectivity index (χ2v) is 4.79. The Bertz CT molecular complexity index is 681. The number of pyridine rings is 1. The number of anilines is 1. The first-order valence-electron chi connectivity index (χ1n) is 6.21. The van der Waals surface area contributed by atoms with Gasteiger partial charge in [-0.05, 0) is 11.1 Å². The van der Waals surface area contributed by atoms with Crippen LogP contribution >= 0.6 is 0 Å². The molecule has 1 aliphatic rings. The molecule has 2 N–H and O–H groups in total. The lowest BCUT2D eigenvalue weighted by molar-refractivity contribution is 0.165. The molecule has 7 heteroatoms. The van der Waals surface area contributed by atoms with E-state index in [1.807, 2.05) is 0 Å². The van der Waals surface area contributed by atoms with Crippen molar-refractivity contribution in [3.05, 3.63) is 58.9 Å². The van der Waals surface area contributed by atoms with Gasteiger partial charge in [0.2, 0.25) is 11.6 Å². The fourth-order valence-electron chi connectivity index (χ4n) is 2.52. The van der Waals surface area contributed by atoms with Crippen LogP contribution in [0.2, 0.25) is 0 Å². The average Bonchev–Trinajstić information content (AvgIpc) is 2.77. The monoisotopic (exact) mass is 298 g/mol. The summed E-state index contributed by atoms with van der Waals surface area (Å²) in [7, 11) is 0. The molecule has 0 spiro atoms. The zero-order valence-corrected chi connectivity index (χ0v) is 10.6. The first-order valence-corrected chi connectivity index (χ1v) is 6.21. The van der Waals surface area contributed by atoms with E-state index < -0.39 is 41.4 Å². The number of halogens is 4. The normalized spacial score (nSPS) is 20.4. The van der Waals surface area contributed by atoms with E-state index in [4.69, 9.17) is 0 Å². The summed E-state index contributed by atoms with van der Waals surface area (Å²) >= 11 is 0. The van der Waals surface area contributed by atoms with Crippen LogP contribution in [0, 0.1) is 23.5 Å². The summed E-state index contributed by atoms with van der Waals surface area (Å²) in [5.41, 5.74) is 0.459. The number of aromatic nitrogens is 1. The fraction of sp³-hybridized carbons (Fsp3) is 0.214. The second-order valence-electron chi connectivity index (χ2n) is 4.79. The van der Waals surface area contributed by atoms with Gasteiger partial charge >= 0.3 is 0 Å². The molecular formula is C14H10F4N2O. The van der Waals surface area contributed by atoms with E-state index in [0.29, 0.717) is 5.56 Å². The van der Waals surface area contributed by atoms with Crippen molar-refractivity contribution in [1.82, 2.24) is 4.98 Å². The summed E-state index contributed by atoms with van der Waals surface area (Å²) in [6.07, 6.45) is -0.673. The fourth-order valence-corrected chi connectivity index (χ4v) is 2.52. The van der Waals surface area contributed by atoms with Gasteiger partial charge in [0.05, 0.1) is 12.1 Å². The number of hydrogen-bond donors (Lipinski definition) is 2. The maximum absolute atomic E-state index is 13.6. The second kappa shape index (κ2) is 5.00. The van der Waals surface area contributed by atoms with Crippen LogP contribution in [-0.2, 0) is 6.42 Å². The van der Waals surface area contributed by atoms with Crippen LogP contribution in [0.5, 0.6) is 0 Å². The molecule has 3 nitrogen and oxygen atoms in total. The van der Waals surface area contributed by atoms with Crippen LogP contribution in [0.25, 0.3) is 0 Å². The molecule has 1 aromatic carbocycles. The summed E-state index contributed by atoms with van der Waals surface area (Å²) in [5.74, 6) is -6.72. The highest BCUT2D eigenvalue weighted by atomic mass is 19.2. The SMILES string of the molecule is O[C@@H]1Cc2ccccc2[C@@H]1Nc1c(F)c(F)nc(F)c1F. The molecule has 1 heterocycles. The summed E-state index contributed by atoms with van der Waals surface area (Å²) in [5, 5.41) is 12.3. The molecular weight excluding hydrogens is 288 g/mol. The smallest absolute Gasteiger partial charge is 0.253 e. The summed E-state index contributed by atoms with van der Waals surface area (Å²) < 4.78 is 53.4. The Balaban J connectivity index is 2.02.